The molecule has 3 nitrogen and oxygen atoms in total. The number of nitrogen functional groups attached to an aromatic ring is 1. The third-order valence-corrected chi connectivity index (χ3v) is 2.66. The van der Waals surface area contributed by atoms with Gasteiger partial charge < -0.3 is 16.0 Å². The Morgan fingerprint density at radius 3 is 2.62 bits per heavy atom. The highest BCUT2D eigenvalue weighted by atomic mass is 15.1. The largest absolute Gasteiger partial charge is 0.399 e. The average Bonchev–Trinajstić information content (AvgIpc) is 2.19. The van der Waals surface area contributed by atoms with Crippen LogP contribution in [0, 0.1) is 6.92 Å². The normalized spacial score (nSPS) is 12.8. The summed E-state index contributed by atoms with van der Waals surface area (Å²) in [4.78, 5) is 2.20. The van der Waals surface area contributed by atoms with E-state index < -0.39 is 0 Å². The maximum Gasteiger partial charge on any atom is 0.0373 e. The summed E-state index contributed by atoms with van der Waals surface area (Å²) < 4.78 is 0. The van der Waals surface area contributed by atoms with Crippen molar-refractivity contribution in [1.29, 1.82) is 0 Å². The average molecular weight is 221 g/mol. The van der Waals surface area contributed by atoms with Crippen molar-refractivity contribution in [2.24, 2.45) is 0 Å². The lowest BCUT2D eigenvalue weighted by Crippen LogP contribution is -2.23. The van der Waals surface area contributed by atoms with Gasteiger partial charge in [0.25, 0.3) is 0 Å². The monoisotopic (exact) mass is 221 g/mol. The van der Waals surface area contributed by atoms with Gasteiger partial charge in [-0.25, -0.2) is 0 Å². The Kier molecular flexibility index (Phi) is 4.62. The van der Waals surface area contributed by atoms with Crippen LogP contribution in [0.5, 0.6) is 0 Å². The summed E-state index contributed by atoms with van der Waals surface area (Å²) in [6.07, 6.45) is 1.14. The van der Waals surface area contributed by atoms with Crippen molar-refractivity contribution in [3.8, 4) is 0 Å². The predicted molar refractivity (Wildman–Crippen MR) is 71.8 cm³/mol. The van der Waals surface area contributed by atoms with Gasteiger partial charge in [-0.1, -0.05) is 0 Å². The van der Waals surface area contributed by atoms with Crippen molar-refractivity contribution in [3.63, 3.8) is 0 Å². The molecule has 1 aromatic rings. The second-order valence-corrected chi connectivity index (χ2v) is 4.71. The maximum absolute atomic E-state index is 5.72. The number of nitrogens with zero attached hydrogens (tertiary/aromatic N) is 1. The van der Waals surface area contributed by atoms with E-state index in [1.807, 2.05) is 12.1 Å². The zero-order valence-corrected chi connectivity index (χ0v) is 10.7. The summed E-state index contributed by atoms with van der Waals surface area (Å²) in [7, 11) is 4.20. The number of hydrogen-bond donors (Lipinski definition) is 2. The van der Waals surface area contributed by atoms with Crippen molar-refractivity contribution < 1.29 is 0 Å². The van der Waals surface area contributed by atoms with E-state index in [1.165, 1.54) is 11.3 Å². The van der Waals surface area contributed by atoms with Gasteiger partial charge >= 0.3 is 0 Å². The second kappa shape index (κ2) is 5.75. The van der Waals surface area contributed by atoms with Crippen LogP contribution in [0.15, 0.2) is 18.2 Å². The highest BCUT2D eigenvalue weighted by Crippen LogP contribution is 2.18. The predicted octanol–water partition coefficient (Wildman–Crippen LogP) is 2.33. The molecular weight excluding hydrogens is 198 g/mol. The fourth-order valence-electron chi connectivity index (χ4n) is 1.64. The molecule has 0 aliphatic rings. The van der Waals surface area contributed by atoms with Gasteiger partial charge in [0.1, 0.15) is 0 Å². The number of rotatable bonds is 5. The molecule has 1 unspecified atom stereocenters. The molecule has 0 saturated heterocycles. The highest BCUT2D eigenvalue weighted by molar-refractivity contribution is 5.57. The Bertz CT molecular complexity index is 334. The van der Waals surface area contributed by atoms with Crippen molar-refractivity contribution >= 4 is 11.4 Å². The third kappa shape index (κ3) is 4.11. The molecule has 1 atom stereocenters. The van der Waals surface area contributed by atoms with E-state index >= 15 is 0 Å². The van der Waals surface area contributed by atoms with Gasteiger partial charge in [-0.2, -0.15) is 0 Å². The van der Waals surface area contributed by atoms with Crippen molar-refractivity contribution in [3.05, 3.63) is 23.8 Å². The summed E-state index contributed by atoms with van der Waals surface area (Å²) in [5, 5.41) is 3.51. The van der Waals surface area contributed by atoms with E-state index in [1.54, 1.807) is 0 Å². The van der Waals surface area contributed by atoms with E-state index in [2.05, 4.69) is 44.2 Å². The lowest BCUT2D eigenvalue weighted by atomic mass is 10.1. The molecule has 0 aromatic heterocycles. The molecule has 0 aliphatic carbocycles. The van der Waals surface area contributed by atoms with Crippen molar-refractivity contribution in [2.75, 3.05) is 31.7 Å². The third-order valence-electron chi connectivity index (χ3n) is 2.66. The first-order chi connectivity index (χ1) is 7.49. The quantitative estimate of drug-likeness (QED) is 0.750. The Morgan fingerprint density at radius 2 is 2.06 bits per heavy atom. The number of hydrogen-bond acceptors (Lipinski definition) is 3. The number of nitrogens with one attached hydrogen (secondary N) is 1. The van der Waals surface area contributed by atoms with Crippen LogP contribution < -0.4 is 11.1 Å². The smallest absolute Gasteiger partial charge is 0.0373 e. The number of nitrogens with two attached hydrogens (primary N) is 1. The van der Waals surface area contributed by atoms with Gasteiger partial charge in [-0.05, 0) is 64.7 Å². The first-order valence-corrected chi connectivity index (χ1v) is 5.76. The SMILES string of the molecule is Cc1cc(N)ccc1NC(C)CCN(C)C. The molecule has 3 N–H and O–H groups in total. The van der Waals surface area contributed by atoms with Gasteiger partial charge in [0, 0.05) is 17.4 Å². The lowest BCUT2D eigenvalue weighted by molar-refractivity contribution is 0.390. The number of benzene rings is 1. The molecule has 0 aliphatic heterocycles. The second-order valence-electron chi connectivity index (χ2n) is 4.71. The van der Waals surface area contributed by atoms with E-state index in [0.29, 0.717) is 6.04 Å². The minimum absolute atomic E-state index is 0.477. The summed E-state index contributed by atoms with van der Waals surface area (Å²) >= 11 is 0. The molecule has 0 fully saturated rings. The fourth-order valence-corrected chi connectivity index (χ4v) is 1.64. The number of anilines is 2. The van der Waals surface area contributed by atoms with Crippen LogP contribution in [0.3, 0.4) is 0 Å². The molecular formula is C13H23N3. The maximum atomic E-state index is 5.72. The van der Waals surface area contributed by atoms with Crippen LogP contribution >= 0.6 is 0 Å². The van der Waals surface area contributed by atoms with Crippen molar-refractivity contribution in [1.82, 2.24) is 4.90 Å². The highest BCUT2D eigenvalue weighted by Gasteiger charge is 2.04. The molecule has 16 heavy (non-hydrogen) atoms. The molecule has 3 heteroatoms. The first kappa shape index (κ1) is 12.8. The Morgan fingerprint density at radius 1 is 1.38 bits per heavy atom. The van der Waals surface area contributed by atoms with Crippen LogP contribution in [0.1, 0.15) is 18.9 Å². The molecule has 0 saturated carbocycles. The van der Waals surface area contributed by atoms with Gasteiger partial charge in [0.05, 0.1) is 0 Å². The zero-order valence-electron chi connectivity index (χ0n) is 10.7. The molecule has 0 heterocycles. The van der Waals surface area contributed by atoms with E-state index in [0.717, 1.165) is 18.7 Å². The van der Waals surface area contributed by atoms with Crippen LogP contribution in [-0.2, 0) is 0 Å². The molecule has 90 valence electrons. The molecule has 0 bridgehead atoms. The van der Waals surface area contributed by atoms with Crippen LogP contribution in [0.4, 0.5) is 11.4 Å². The molecule has 0 amide bonds. The van der Waals surface area contributed by atoms with Gasteiger partial charge in [0.15, 0.2) is 0 Å². The molecule has 0 radical (unpaired) electrons. The minimum atomic E-state index is 0.477. The summed E-state index contributed by atoms with van der Waals surface area (Å²) in [5.74, 6) is 0. The molecule has 1 rings (SSSR count). The number of aryl methyl sites for hydroxylation is 1. The standard InChI is InChI=1S/C13H23N3/c1-10-9-12(14)5-6-13(10)15-11(2)7-8-16(3)4/h5-6,9,11,15H,7-8,14H2,1-4H3. The van der Waals surface area contributed by atoms with Crippen LogP contribution in [0.25, 0.3) is 0 Å². The molecule has 1 aromatic carbocycles. The van der Waals surface area contributed by atoms with Gasteiger partial charge in [-0.15, -0.1) is 0 Å². The zero-order chi connectivity index (χ0) is 12.1. The van der Waals surface area contributed by atoms with Crippen molar-refractivity contribution in [2.45, 2.75) is 26.3 Å². The minimum Gasteiger partial charge on any atom is -0.399 e. The van der Waals surface area contributed by atoms with Gasteiger partial charge in [0.2, 0.25) is 0 Å². The van der Waals surface area contributed by atoms with Crippen LogP contribution in [0.2, 0.25) is 0 Å². The van der Waals surface area contributed by atoms with Crippen LogP contribution in [-0.4, -0.2) is 31.6 Å². The van der Waals surface area contributed by atoms with E-state index in [9.17, 15) is 0 Å². The summed E-state index contributed by atoms with van der Waals surface area (Å²) in [5.41, 5.74) is 8.93. The summed E-state index contributed by atoms with van der Waals surface area (Å²) in [6.45, 7) is 5.39. The topological polar surface area (TPSA) is 41.3 Å². The summed E-state index contributed by atoms with van der Waals surface area (Å²) in [6, 6.07) is 6.47. The Labute approximate surface area is 98.6 Å². The Hall–Kier alpha value is -1.22. The van der Waals surface area contributed by atoms with E-state index in [4.69, 9.17) is 5.73 Å². The Balaban J connectivity index is 2.52. The van der Waals surface area contributed by atoms with Gasteiger partial charge in [-0.3, -0.25) is 0 Å². The first-order valence-electron chi connectivity index (χ1n) is 5.76. The van der Waals surface area contributed by atoms with E-state index in [-0.39, 0.29) is 0 Å². The fraction of sp³-hybridized carbons (Fsp3) is 0.538. The molecule has 0 spiro atoms. The lowest BCUT2D eigenvalue weighted by Gasteiger charge is -2.19.